The van der Waals surface area contributed by atoms with Crippen LogP contribution < -0.4 is 4.90 Å². The molecule has 2 rings (SSSR count). The van der Waals surface area contributed by atoms with Gasteiger partial charge in [-0.3, -0.25) is 0 Å². The van der Waals surface area contributed by atoms with Gasteiger partial charge in [-0.1, -0.05) is 11.6 Å². The largest absolute Gasteiger partial charge is 0.416 e. The molecule has 0 radical (unpaired) electrons. The van der Waals surface area contributed by atoms with E-state index in [1.54, 1.807) is 0 Å². The fourth-order valence-electron chi connectivity index (χ4n) is 2.55. The highest BCUT2D eigenvalue weighted by molar-refractivity contribution is 6.29. The number of rotatable bonds is 3. The van der Waals surface area contributed by atoms with Crippen molar-refractivity contribution in [2.75, 3.05) is 18.1 Å². The lowest BCUT2D eigenvalue weighted by Gasteiger charge is -2.36. The SMILES string of the molecule is OCCC1CCCCN1c1cc(C(F)(F)F)cc(Cl)n1. The lowest BCUT2D eigenvalue weighted by atomic mass is 9.99. The number of hydrogen-bond acceptors (Lipinski definition) is 3. The van der Waals surface area contributed by atoms with Gasteiger partial charge in [-0.2, -0.15) is 13.2 Å². The molecule has 0 spiro atoms. The molecule has 0 saturated carbocycles. The third kappa shape index (κ3) is 3.55. The minimum Gasteiger partial charge on any atom is -0.396 e. The van der Waals surface area contributed by atoms with Gasteiger partial charge in [0.15, 0.2) is 0 Å². The van der Waals surface area contributed by atoms with Crippen LogP contribution in [0.15, 0.2) is 12.1 Å². The van der Waals surface area contributed by atoms with Gasteiger partial charge in [-0.05, 0) is 37.8 Å². The fraction of sp³-hybridized carbons (Fsp3) is 0.615. The zero-order chi connectivity index (χ0) is 14.8. The van der Waals surface area contributed by atoms with E-state index in [-0.39, 0.29) is 23.6 Å². The molecule has 1 saturated heterocycles. The Bertz CT molecular complexity index is 465. The van der Waals surface area contributed by atoms with E-state index in [1.165, 1.54) is 0 Å². The second-order valence-electron chi connectivity index (χ2n) is 4.89. The first-order valence-corrected chi connectivity index (χ1v) is 6.92. The van der Waals surface area contributed by atoms with Gasteiger partial charge in [-0.25, -0.2) is 4.98 Å². The molecular weight excluding hydrogens is 293 g/mol. The average Bonchev–Trinajstić information content (AvgIpc) is 2.38. The van der Waals surface area contributed by atoms with Crippen LogP contribution in [0.1, 0.15) is 31.2 Å². The molecule has 0 bridgehead atoms. The maximum Gasteiger partial charge on any atom is 0.416 e. The number of alkyl halides is 3. The number of halogens is 4. The van der Waals surface area contributed by atoms with Gasteiger partial charge in [-0.15, -0.1) is 0 Å². The molecule has 1 N–H and O–H groups in total. The average molecular weight is 309 g/mol. The van der Waals surface area contributed by atoms with E-state index in [2.05, 4.69) is 4.98 Å². The zero-order valence-corrected chi connectivity index (χ0v) is 11.6. The number of pyridine rings is 1. The fourth-order valence-corrected chi connectivity index (χ4v) is 2.75. The van der Waals surface area contributed by atoms with E-state index in [1.807, 2.05) is 4.90 Å². The molecular formula is C13H16ClF3N2O. The highest BCUT2D eigenvalue weighted by Gasteiger charge is 2.33. The number of nitrogens with zero attached hydrogens (tertiary/aromatic N) is 2. The van der Waals surface area contributed by atoms with Crippen molar-refractivity contribution in [2.24, 2.45) is 0 Å². The molecule has 3 nitrogen and oxygen atoms in total. The third-order valence-corrected chi connectivity index (χ3v) is 3.69. The summed E-state index contributed by atoms with van der Waals surface area (Å²) in [7, 11) is 0. The maximum atomic E-state index is 12.8. The predicted molar refractivity (Wildman–Crippen MR) is 70.9 cm³/mol. The van der Waals surface area contributed by atoms with Gasteiger partial charge in [0, 0.05) is 19.2 Å². The van der Waals surface area contributed by atoms with E-state index in [0.29, 0.717) is 13.0 Å². The number of aliphatic hydroxyl groups is 1. The summed E-state index contributed by atoms with van der Waals surface area (Å²) in [6.07, 6.45) is -1.17. The molecule has 1 aromatic rings. The summed E-state index contributed by atoms with van der Waals surface area (Å²) in [6.45, 7) is 0.642. The van der Waals surface area contributed by atoms with E-state index in [9.17, 15) is 13.2 Å². The Hall–Kier alpha value is -1.01. The van der Waals surface area contributed by atoms with Crippen molar-refractivity contribution in [3.8, 4) is 0 Å². The molecule has 0 aromatic carbocycles. The molecule has 1 aliphatic heterocycles. The van der Waals surface area contributed by atoms with Gasteiger partial charge in [0.2, 0.25) is 0 Å². The van der Waals surface area contributed by atoms with Crippen LogP contribution in [0.25, 0.3) is 0 Å². The van der Waals surface area contributed by atoms with Gasteiger partial charge in [0.25, 0.3) is 0 Å². The number of hydrogen-bond donors (Lipinski definition) is 1. The summed E-state index contributed by atoms with van der Waals surface area (Å²) in [5, 5.41) is 8.90. The third-order valence-electron chi connectivity index (χ3n) is 3.49. The molecule has 0 amide bonds. The van der Waals surface area contributed by atoms with Crippen LogP contribution in [0, 0.1) is 0 Å². The van der Waals surface area contributed by atoms with Crippen molar-refractivity contribution >= 4 is 17.4 Å². The molecule has 2 heterocycles. The van der Waals surface area contributed by atoms with Crippen LogP contribution in [0.5, 0.6) is 0 Å². The summed E-state index contributed by atoms with van der Waals surface area (Å²) in [5.74, 6) is 0.239. The summed E-state index contributed by atoms with van der Waals surface area (Å²) >= 11 is 5.71. The Kier molecular flexibility index (Phi) is 4.75. The van der Waals surface area contributed by atoms with Crippen molar-refractivity contribution < 1.29 is 18.3 Å². The first-order chi connectivity index (χ1) is 9.41. The maximum absolute atomic E-state index is 12.8. The molecule has 1 aromatic heterocycles. The molecule has 1 atom stereocenters. The lowest BCUT2D eigenvalue weighted by Crippen LogP contribution is -2.40. The highest BCUT2D eigenvalue weighted by atomic mass is 35.5. The summed E-state index contributed by atoms with van der Waals surface area (Å²) in [6, 6.07) is 1.87. The van der Waals surface area contributed by atoms with Gasteiger partial charge in [0.1, 0.15) is 11.0 Å². The summed E-state index contributed by atoms with van der Waals surface area (Å²) < 4.78 is 38.4. The van der Waals surface area contributed by atoms with Crippen molar-refractivity contribution in [1.82, 2.24) is 4.98 Å². The minimum absolute atomic E-state index is 0.00780. The molecule has 1 unspecified atom stereocenters. The van der Waals surface area contributed by atoms with Crippen molar-refractivity contribution in [2.45, 2.75) is 37.9 Å². The van der Waals surface area contributed by atoms with E-state index in [0.717, 1.165) is 31.4 Å². The van der Waals surface area contributed by atoms with Crippen LogP contribution in [-0.2, 0) is 6.18 Å². The smallest absolute Gasteiger partial charge is 0.396 e. The molecule has 0 aliphatic carbocycles. The standard InChI is InChI=1S/C13H16ClF3N2O/c14-11-7-9(13(15,16)17)8-12(18-11)19-5-2-1-3-10(19)4-6-20/h7-8,10,20H,1-6H2. The second-order valence-corrected chi connectivity index (χ2v) is 5.28. The minimum atomic E-state index is -4.44. The first-order valence-electron chi connectivity index (χ1n) is 6.54. The number of aliphatic hydroxyl groups excluding tert-OH is 1. The number of anilines is 1. The van der Waals surface area contributed by atoms with Crippen molar-refractivity contribution in [1.29, 1.82) is 0 Å². The van der Waals surface area contributed by atoms with E-state index in [4.69, 9.17) is 16.7 Å². The van der Waals surface area contributed by atoms with E-state index >= 15 is 0 Å². The van der Waals surface area contributed by atoms with Crippen LogP contribution in [0.4, 0.5) is 19.0 Å². The molecule has 20 heavy (non-hydrogen) atoms. The van der Waals surface area contributed by atoms with Crippen molar-refractivity contribution in [3.63, 3.8) is 0 Å². The summed E-state index contributed by atoms with van der Waals surface area (Å²) in [4.78, 5) is 5.83. The van der Waals surface area contributed by atoms with Gasteiger partial charge >= 0.3 is 6.18 Å². The molecule has 112 valence electrons. The Morgan fingerprint density at radius 2 is 2.10 bits per heavy atom. The Labute approximate surface area is 120 Å². The topological polar surface area (TPSA) is 36.4 Å². The molecule has 7 heteroatoms. The van der Waals surface area contributed by atoms with Crippen LogP contribution in [0.2, 0.25) is 5.15 Å². The van der Waals surface area contributed by atoms with Crippen molar-refractivity contribution in [3.05, 3.63) is 22.8 Å². The van der Waals surface area contributed by atoms with Crippen LogP contribution >= 0.6 is 11.6 Å². The lowest BCUT2D eigenvalue weighted by molar-refractivity contribution is -0.137. The summed E-state index contributed by atoms with van der Waals surface area (Å²) in [5.41, 5.74) is -0.791. The first kappa shape index (κ1) is 15.4. The number of piperidine rings is 1. The second kappa shape index (κ2) is 6.18. The van der Waals surface area contributed by atoms with Crippen LogP contribution in [-0.4, -0.2) is 29.3 Å². The Balaban J connectivity index is 2.32. The quantitative estimate of drug-likeness (QED) is 0.868. The van der Waals surface area contributed by atoms with Gasteiger partial charge < -0.3 is 10.0 Å². The normalized spacial score (nSPS) is 20.2. The highest BCUT2D eigenvalue weighted by Crippen LogP contribution is 2.34. The Morgan fingerprint density at radius 1 is 1.35 bits per heavy atom. The van der Waals surface area contributed by atoms with Crippen LogP contribution in [0.3, 0.4) is 0 Å². The zero-order valence-electron chi connectivity index (χ0n) is 10.8. The Morgan fingerprint density at radius 3 is 2.75 bits per heavy atom. The van der Waals surface area contributed by atoms with E-state index < -0.39 is 11.7 Å². The number of aromatic nitrogens is 1. The van der Waals surface area contributed by atoms with Gasteiger partial charge in [0.05, 0.1) is 5.56 Å². The monoisotopic (exact) mass is 308 g/mol. The predicted octanol–water partition coefficient (Wildman–Crippen LogP) is 3.50. The molecule has 1 fully saturated rings. The molecule has 1 aliphatic rings.